The lowest BCUT2D eigenvalue weighted by Gasteiger charge is -2.05. The smallest absolute Gasteiger partial charge is 0.141 e. The van der Waals surface area contributed by atoms with Gasteiger partial charge in [-0.3, -0.25) is 0 Å². The number of aliphatic imine (C=N–C) groups is 1. The van der Waals surface area contributed by atoms with Gasteiger partial charge in [0.15, 0.2) is 0 Å². The molecule has 0 aromatic carbocycles. The minimum Gasteiger partial charge on any atom is -0.342 e. The van der Waals surface area contributed by atoms with Gasteiger partial charge in [0.25, 0.3) is 0 Å². The third-order valence-electron chi connectivity index (χ3n) is 1.16. The fourth-order valence-corrected chi connectivity index (χ4v) is 0.622. The van der Waals surface area contributed by atoms with Gasteiger partial charge in [-0.15, -0.1) is 0 Å². The highest BCUT2D eigenvalue weighted by Gasteiger charge is 1.99. The molecule has 0 unspecified atom stereocenters. The van der Waals surface area contributed by atoms with Crippen molar-refractivity contribution in [1.29, 1.82) is 0 Å². The molecular formula is C9H13FN2. The molecule has 0 aliphatic carbocycles. The van der Waals surface area contributed by atoms with Crippen LogP contribution in [-0.2, 0) is 0 Å². The van der Waals surface area contributed by atoms with E-state index in [-0.39, 0.29) is 11.5 Å². The summed E-state index contributed by atoms with van der Waals surface area (Å²) in [5.41, 5.74) is 0.209. The predicted octanol–water partition coefficient (Wildman–Crippen LogP) is 2.52. The van der Waals surface area contributed by atoms with Crippen molar-refractivity contribution in [3.05, 3.63) is 37.0 Å². The number of hydrogen-bond acceptors (Lipinski definition) is 1. The minimum atomic E-state index is -0.381. The molecule has 1 N–H and O–H groups in total. The highest BCUT2D eigenvalue weighted by atomic mass is 19.1. The summed E-state index contributed by atoms with van der Waals surface area (Å²) in [6, 6.07) is 0. The summed E-state index contributed by atoms with van der Waals surface area (Å²) < 4.78 is 12.7. The van der Waals surface area contributed by atoms with Gasteiger partial charge in [0, 0.05) is 6.20 Å². The molecular weight excluding hydrogens is 155 g/mol. The molecule has 0 amide bonds. The molecule has 0 fully saturated rings. The van der Waals surface area contributed by atoms with Crippen LogP contribution >= 0.6 is 0 Å². The number of nitrogens with one attached hydrogen (secondary N) is 1. The summed E-state index contributed by atoms with van der Waals surface area (Å²) in [7, 11) is 0. The quantitative estimate of drug-likeness (QED) is 0.391. The molecule has 0 saturated carbocycles. The summed E-state index contributed by atoms with van der Waals surface area (Å²) in [6.07, 6.45) is 2.71. The molecule has 0 atom stereocenters. The van der Waals surface area contributed by atoms with E-state index < -0.39 is 0 Å². The highest BCUT2D eigenvalue weighted by molar-refractivity contribution is 5.82. The van der Waals surface area contributed by atoms with Crippen molar-refractivity contribution in [2.75, 3.05) is 0 Å². The Hall–Kier alpha value is -1.38. The Balaban J connectivity index is 4.19. The summed E-state index contributed by atoms with van der Waals surface area (Å²) in [4.78, 5) is 3.80. The fraction of sp³-hybridized carbons (Fsp3) is 0.222. The van der Waals surface area contributed by atoms with Gasteiger partial charge >= 0.3 is 0 Å². The van der Waals surface area contributed by atoms with Crippen LogP contribution in [0.3, 0.4) is 0 Å². The Bertz CT molecular complexity index is 239. The van der Waals surface area contributed by atoms with Crippen molar-refractivity contribution >= 4 is 5.84 Å². The highest BCUT2D eigenvalue weighted by Crippen LogP contribution is 2.04. The van der Waals surface area contributed by atoms with Crippen molar-refractivity contribution in [2.45, 2.75) is 13.8 Å². The Morgan fingerprint density at radius 1 is 1.58 bits per heavy atom. The van der Waals surface area contributed by atoms with Crippen molar-refractivity contribution in [3.8, 4) is 0 Å². The SMILES string of the molecule is C=CN=C(C)NC(=C)/C(F)=C\C. The van der Waals surface area contributed by atoms with Gasteiger partial charge in [0.2, 0.25) is 0 Å². The maximum Gasteiger partial charge on any atom is 0.141 e. The molecule has 0 aliphatic heterocycles. The number of rotatable bonds is 3. The summed E-state index contributed by atoms with van der Waals surface area (Å²) in [6.45, 7) is 10.2. The van der Waals surface area contributed by atoms with Gasteiger partial charge in [-0.25, -0.2) is 9.38 Å². The Morgan fingerprint density at radius 2 is 2.17 bits per heavy atom. The first kappa shape index (κ1) is 10.6. The Kier molecular flexibility index (Phi) is 4.69. The third-order valence-corrected chi connectivity index (χ3v) is 1.16. The maximum absolute atomic E-state index is 12.7. The van der Waals surface area contributed by atoms with E-state index in [0.29, 0.717) is 5.84 Å². The van der Waals surface area contributed by atoms with Gasteiger partial charge in [-0.2, -0.15) is 0 Å². The number of allylic oxidation sites excluding steroid dienone is 2. The van der Waals surface area contributed by atoms with Crippen LogP contribution in [-0.4, -0.2) is 5.84 Å². The molecule has 3 heteroatoms. The van der Waals surface area contributed by atoms with E-state index in [9.17, 15) is 4.39 Å². The molecule has 2 nitrogen and oxygen atoms in total. The monoisotopic (exact) mass is 168 g/mol. The Labute approximate surface area is 72.2 Å². The zero-order valence-corrected chi connectivity index (χ0v) is 7.39. The molecule has 0 bridgehead atoms. The first-order chi connectivity index (χ1) is 5.61. The van der Waals surface area contributed by atoms with Crippen LogP contribution in [0.5, 0.6) is 0 Å². The molecule has 0 radical (unpaired) electrons. The number of amidine groups is 1. The van der Waals surface area contributed by atoms with Crippen molar-refractivity contribution in [3.63, 3.8) is 0 Å². The zero-order valence-electron chi connectivity index (χ0n) is 7.39. The second kappa shape index (κ2) is 5.29. The van der Waals surface area contributed by atoms with Gasteiger partial charge in [0.05, 0.1) is 5.70 Å². The molecule has 0 heterocycles. The lowest BCUT2D eigenvalue weighted by Crippen LogP contribution is -2.18. The summed E-state index contributed by atoms with van der Waals surface area (Å²) in [5, 5.41) is 2.67. The van der Waals surface area contributed by atoms with Crippen LogP contribution in [0.25, 0.3) is 0 Å². The second-order valence-corrected chi connectivity index (χ2v) is 2.14. The van der Waals surface area contributed by atoms with Crippen LogP contribution < -0.4 is 5.32 Å². The molecule has 0 aromatic heterocycles. The minimum absolute atomic E-state index is 0.209. The third kappa shape index (κ3) is 3.71. The molecule has 0 saturated heterocycles. The van der Waals surface area contributed by atoms with Crippen molar-refractivity contribution in [1.82, 2.24) is 5.32 Å². The van der Waals surface area contributed by atoms with Crippen LogP contribution in [0, 0.1) is 0 Å². The summed E-state index contributed by atoms with van der Waals surface area (Å²) in [5.74, 6) is 0.181. The molecule has 0 aromatic rings. The van der Waals surface area contributed by atoms with E-state index in [2.05, 4.69) is 23.5 Å². The molecule has 0 spiro atoms. The average Bonchev–Trinajstić information content (AvgIpc) is 2.03. The predicted molar refractivity (Wildman–Crippen MR) is 50.4 cm³/mol. The first-order valence-corrected chi connectivity index (χ1v) is 3.55. The molecule has 66 valence electrons. The van der Waals surface area contributed by atoms with Crippen LogP contribution in [0.2, 0.25) is 0 Å². The summed E-state index contributed by atoms with van der Waals surface area (Å²) >= 11 is 0. The molecule has 0 aliphatic rings. The normalized spacial score (nSPS) is 12.6. The largest absolute Gasteiger partial charge is 0.342 e. The van der Waals surface area contributed by atoms with Crippen LogP contribution in [0.4, 0.5) is 4.39 Å². The second-order valence-electron chi connectivity index (χ2n) is 2.14. The van der Waals surface area contributed by atoms with Crippen molar-refractivity contribution in [2.24, 2.45) is 4.99 Å². The van der Waals surface area contributed by atoms with Gasteiger partial charge in [0.1, 0.15) is 11.7 Å². The van der Waals surface area contributed by atoms with Crippen LogP contribution in [0.15, 0.2) is 42.0 Å². The van der Waals surface area contributed by atoms with Crippen molar-refractivity contribution < 1.29 is 4.39 Å². The maximum atomic E-state index is 12.7. The standard InChI is InChI=1S/C9H13FN2/c1-5-9(10)7(3)12-8(4)11-6-2/h5-6H,2-3H2,1,4H3,(H,11,12)/b9-5+. The fourth-order valence-electron chi connectivity index (χ4n) is 0.622. The zero-order chi connectivity index (χ0) is 9.56. The number of hydrogen-bond donors (Lipinski definition) is 1. The van der Waals surface area contributed by atoms with E-state index in [0.717, 1.165) is 0 Å². The van der Waals surface area contributed by atoms with E-state index in [1.807, 2.05) is 0 Å². The molecule has 12 heavy (non-hydrogen) atoms. The number of halogens is 1. The van der Waals surface area contributed by atoms with Crippen LogP contribution in [0.1, 0.15) is 13.8 Å². The molecule has 0 rings (SSSR count). The van der Waals surface area contributed by atoms with E-state index in [1.165, 1.54) is 12.3 Å². The Morgan fingerprint density at radius 3 is 2.58 bits per heavy atom. The van der Waals surface area contributed by atoms with E-state index >= 15 is 0 Å². The van der Waals surface area contributed by atoms with Gasteiger partial charge < -0.3 is 5.32 Å². The van der Waals surface area contributed by atoms with Gasteiger partial charge in [-0.05, 0) is 19.9 Å². The lowest BCUT2D eigenvalue weighted by molar-refractivity contribution is 0.640. The van der Waals surface area contributed by atoms with Gasteiger partial charge in [-0.1, -0.05) is 13.2 Å². The first-order valence-electron chi connectivity index (χ1n) is 3.55. The lowest BCUT2D eigenvalue weighted by atomic mass is 10.4. The average molecular weight is 168 g/mol. The van der Waals surface area contributed by atoms with E-state index in [4.69, 9.17) is 0 Å². The van der Waals surface area contributed by atoms with E-state index in [1.54, 1.807) is 13.8 Å². The topological polar surface area (TPSA) is 24.4 Å². The number of nitrogens with zero attached hydrogens (tertiary/aromatic N) is 1.